The van der Waals surface area contributed by atoms with Gasteiger partial charge in [0.1, 0.15) is 18.3 Å². The molecule has 3 rings (SSSR count). The fraction of sp³-hybridized carbons (Fsp3) is 0.765. The van der Waals surface area contributed by atoms with Crippen LogP contribution in [0.5, 0.6) is 0 Å². The van der Waals surface area contributed by atoms with Crippen LogP contribution in [0.25, 0.3) is 0 Å². The summed E-state index contributed by atoms with van der Waals surface area (Å²) in [4.78, 5) is 25.9. The smallest absolute Gasteiger partial charge is 0.330 e. The number of aliphatic hydroxyl groups is 1. The first-order valence-corrected chi connectivity index (χ1v) is 18.5. The number of aliphatic hydroxyl groups excluding tert-OH is 1. The van der Waals surface area contributed by atoms with Gasteiger partial charge in [0.2, 0.25) is 0 Å². The van der Waals surface area contributed by atoms with Gasteiger partial charge in [-0.1, -0.05) is 43.5 Å². The normalized spacial score (nSPS) is 29.4. The topological polar surface area (TPSA) is 103 Å². The van der Waals surface area contributed by atoms with Crippen molar-refractivity contribution in [2.45, 2.75) is 63.4 Å². The maximum absolute atomic E-state index is 12.3. The summed E-state index contributed by atoms with van der Waals surface area (Å²) in [7, 11) is -2.25. The minimum Gasteiger partial charge on any atom is -0.408 e. The zero-order valence-corrected chi connectivity index (χ0v) is 22.0. The summed E-state index contributed by atoms with van der Waals surface area (Å²) >= 11 is 9.01. The van der Waals surface area contributed by atoms with Crippen LogP contribution >= 0.6 is 27.4 Å². The van der Waals surface area contributed by atoms with Gasteiger partial charge in [-0.05, 0) is 29.9 Å². The molecule has 0 bridgehead atoms. The summed E-state index contributed by atoms with van der Waals surface area (Å²) in [5.74, 6) is 1.94. The predicted octanol–water partition coefficient (Wildman–Crippen LogP) is 2.91. The number of rotatable bonds is 6. The lowest BCUT2D eigenvalue weighted by Gasteiger charge is -2.40. The number of hydrogen-bond donors (Lipinski definition) is 2. The number of ether oxygens (including phenoxy) is 1. The molecule has 2 N–H and O–H groups in total. The molecule has 0 aromatic carbocycles. The van der Waals surface area contributed by atoms with Gasteiger partial charge in [0.25, 0.3) is 5.56 Å². The Bertz CT molecular complexity index is 923. The highest BCUT2D eigenvalue weighted by atomic mass is 33.2. The maximum Gasteiger partial charge on any atom is 0.330 e. The van der Waals surface area contributed by atoms with Crippen LogP contribution in [0.2, 0.25) is 18.1 Å². The average Bonchev–Trinajstić information content (AvgIpc) is 3.18. The Hall–Kier alpha value is 0.0869. The van der Waals surface area contributed by atoms with E-state index in [-0.39, 0.29) is 11.6 Å². The number of aromatic nitrogens is 2. The van der Waals surface area contributed by atoms with Crippen molar-refractivity contribution in [3.63, 3.8) is 0 Å². The third-order valence-electron chi connectivity index (χ3n) is 5.65. The predicted molar refractivity (Wildman–Crippen MR) is 128 cm³/mol. The molecular weight excluding hydrogens is 483 g/mol. The van der Waals surface area contributed by atoms with Crippen LogP contribution in [0.3, 0.4) is 0 Å². The Kier molecular flexibility index (Phi) is 7.54. The Balaban J connectivity index is 1.87. The van der Waals surface area contributed by atoms with Crippen molar-refractivity contribution < 1.29 is 18.8 Å². The van der Waals surface area contributed by atoms with Gasteiger partial charge in [-0.3, -0.25) is 14.3 Å². The third kappa shape index (κ3) is 5.35. The molecule has 3 heterocycles. The highest BCUT2D eigenvalue weighted by molar-refractivity contribution is 9.00. The van der Waals surface area contributed by atoms with Crippen molar-refractivity contribution in [2.24, 2.45) is 0 Å². The lowest BCUT2D eigenvalue weighted by atomic mass is 10.1. The second-order valence-corrected chi connectivity index (χ2v) is 24.3. The third-order valence-corrected chi connectivity index (χ3v) is 20.0. The summed E-state index contributed by atoms with van der Waals surface area (Å²) in [6, 6.07) is 1.22. The molecule has 30 heavy (non-hydrogen) atoms. The zero-order valence-electron chi connectivity index (χ0n) is 17.7. The van der Waals surface area contributed by atoms with Gasteiger partial charge in [0.05, 0.1) is 6.61 Å². The molecule has 0 saturated carbocycles. The maximum atomic E-state index is 12.3. The van der Waals surface area contributed by atoms with Crippen LogP contribution in [0.15, 0.2) is 21.9 Å². The highest BCUT2D eigenvalue weighted by Crippen LogP contribution is 2.74. The molecule has 8 nitrogen and oxygen atoms in total. The van der Waals surface area contributed by atoms with E-state index in [4.69, 9.17) is 25.5 Å². The van der Waals surface area contributed by atoms with Gasteiger partial charge < -0.3 is 18.8 Å². The number of H-pyrrole nitrogens is 1. The standard InChI is InChI=1S/C17H29N2O6PS3Si/c1-17(2,3)30(4,5)25-14-11(10-23-26(27)28-8-9-29-26)24-15(13(14)21)19-7-6-12(20)18-16(19)22/h6-7,11,13-15,21H,8-10H2,1-5H3,(H,18,20,22)/t11-,13-,14?,15-/m1/s1. The highest BCUT2D eigenvalue weighted by Gasteiger charge is 2.51. The summed E-state index contributed by atoms with van der Waals surface area (Å²) in [5.41, 5.74) is -1.15. The van der Waals surface area contributed by atoms with Crippen LogP contribution in [-0.4, -0.2) is 59.4 Å². The molecule has 0 amide bonds. The summed E-state index contributed by atoms with van der Waals surface area (Å²) in [6.07, 6.45) is -2.01. The van der Waals surface area contributed by atoms with Crippen molar-refractivity contribution in [1.82, 2.24) is 9.55 Å². The van der Waals surface area contributed by atoms with E-state index < -0.39 is 48.8 Å². The molecule has 1 aromatic heterocycles. The van der Waals surface area contributed by atoms with Gasteiger partial charge in [-0.2, -0.15) is 0 Å². The summed E-state index contributed by atoms with van der Waals surface area (Å²) in [6.45, 7) is 10.7. The Morgan fingerprint density at radius 3 is 2.57 bits per heavy atom. The zero-order chi connectivity index (χ0) is 22.3. The lowest BCUT2D eigenvalue weighted by Crippen LogP contribution is -2.50. The van der Waals surface area contributed by atoms with Gasteiger partial charge in [-0.25, -0.2) is 4.79 Å². The number of nitrogens with one attached hydrogen (secondary N) is 1. The van der Waals surface area contributed by atoms with Crippen LogP contribution in [0, 0.1) is 0 Å². The van der Waals surface area contributed by atoms with E-state index in [1.807, 2.05) is 0 Å². The van der Waals surface area contributed by atoms with Crippen molar-refractivity contribution >= 4 is 47.6 Å². The molecule has 2 aliphatic rings. The lowest BCUT2D eigenvalue weighted by molar-refractivity contribution is -0.0499. The SMILES string of the molecule is CC(C)(C)[Si](C)(C)OC1[C@@H](O)[C@H](n2ccc(=O)[nH]c2=O)O[C@@H]1COP1(=S)SCCS1. The van der Waals surface area contributed by atoms with E-state index in [2.05, 4.69) is 38.8 Å². The summed E-state index contributed by atoms with van der Waals surface area (Å²) < 4.78 is 17.8. The molecule has 1 unspecified atom stereocenters. The van der Waals surface area contributed by atoms with Crippen molar-refractivity contribution in [3.8, 4) is 0 Å². The minimum absolute atomic E-state index is 0.0750. The van der Waals surface area contributed by atoms with E-state index in [9.17, 15) is 14.7 Å². The van der Waals surface area contributed by atoms with E-state index in [0.717, 1.165) is 11.5 Å². The Morgan fingerprint density at radius 2 is 2.00 bits per heavy atom. The molecule has 0 radical (unpaired) electrons. The quantitative estimate of drug-likeness (QED) is 0.440. The number of hydrogen-bond acceptors (Lipinski definition) is 9. The molecule has 2 fully saturated rings. The first kappa shape index (κ1) is 24.7. The molecule has 13 heteroatoms. The molecule has 0 aliphatic carbocycles. The summed E-state index contributed by atoms with van der Waals surface area (Å²) in [5, 5.41) is 11.0. The van der Waals surface area contributed by atoms with Crippen molar-refractivity contribution in [1.29, 1.82) is 0 Å². The molecule has 170 valence electrons. The first-order chi connectivity index (χ1) is 13.8. The van der Waals surface area contributed by atoms with E-state index in [1.165, 1.54) is 16.8 Å². The van der Waals surface area contributed by atoms with Gasteiger partial charge in [-0.15, -0.1) is 0 Å². The van der Waals surface area contributed by atoms with Crippen molar-refractivity contribution in [3.05, 3.63) is 33.1 Å². The fourth-order valence-electron chi connectivity index (χ4n) is 2.95. The fourth-order valence-corrected chi connectivity index (χ4v) is 13.1. The van der Waals surface area contributed by atoms with Gasteiger partial charge >= 0.3 is 5.69 Å². The molecule has 1 aromatic rings. The van der Waals surface area contributed by atoms with Crippen LogP contribution in [0.1, 0.15) is 27.0 Å². The minimum atomic E-state index is -2.25. The van der Waals surface area contributed by atoms with Crippen LogP contribution < -0.4 is 11.2 Å². The molecule has 2 aliphatic heterocycles. The molecule has 0 spiro atoms. The van der Waals surface area contributed by atoms with Crippen LogP contribution in [0.4, 0.5) is 0 Å². The Labute approximate surface area is 190 Å². The number of aromatic amines is 1. The van der Waals surface area contributed by atoms with E-state index in [1.54, 1.807) is 22.8 Å². The molecule has 4 atom stereocenters. The molecular formula is C17H29N2O6PS3Si. The molecule has 2 saturated heterocycles. The second-order valence-electron chi connectivity index (χ2n) is 8.83. The first-order valence-electron chi connectivity index (χ1n) is 9.69. The van der Waals surface area contributed by atoms with Crippen LogP contribution in [-0.2, 0) is 25.5 Å². The van der Waals surface area contributed by atoms with Gasteiger partial charge in [0.15, 0.2) is 19.2 Å². The second kappa shape index (κ2) is 9.15. The number of nitrogens with zero attached hydrogens (tertiary/aromatic N) is 1. The van der Waals surface area contributed by atoms with Crippen molar-refractivity contribution in [2.75, 3.05) is 18.1 Å². The Morgan fingerprint density at radius 1 is 1.37 bits per heavy atom. The van der Waals surface area contributed by atoms with E-state index in [0.29, 0.717) is 0 Å². The van der Waals surface area contributed by atoms with E-state index >= 15 is 0 Å². The largest absolute Gasteiger partial charge is 0.408 e. The average molecular weight is 513 g/mol. The van der Waals surface area contributed by atoms with Gasteiger partial charge in [0, 0.05) is 23.8 Å². The monoisotopic (exact) mass is 512 g/mol.